The topological polar surface area (TPSA) is 35.5 Å². The van der Waals surface area contributed by atoms with Gasteiger partial charge in [0.15, 0.2) is 0 Å². The molecule has 1 aliphatic heterocycles. The zero-order valence-corrected chi connectivity index (χ0v) is 9.66. The minimum Gasteiger partial charge on any atom is -0.469 e. The van der Waals surface area contributed by atoms with Crippen molar-refractivity contribution in [2.45, 2.75) is 25.9 Å². The number of hydrogen-bond acceptors (Lipinski definition) is 3. The maximum atomic E-state index is 11.3. The molecule has 0 radical (unpaired) electrons. The normalized spacial score (nSPS) is 19.0. The standard InChI is InChI=1S/C13H16O3/c1-9-7-16-8-11-5-3-4-10(13(9)11)6-12(14)15-2/h3-5,9H,6-8H2,1-2H3/t9-/m0/s1. The second-order valence-electron chi connectivity index (χ2n) is 4.16. The van der Waals surface area contributed by atoms with Crippen molar-refractivity contribution in [1.29, 1.82) is 0 Å². The van der Waals surface area contributed by atoms with Gasteiger partial charge in [0.25, 0.3) is 0 Å². The van der Waals surface area contributed by atoms with E-state index >= 15 is 0 Å². The molecule has 2 rings (SSSR count). The highest BCUT2D eigenvalue weighted by atomic mass is 16.5. The van der Waals surface area contributed by atoms with Gasteiger partial charge in [0.1, 0.15) is 0 Å². The highest BCUT2D eigenvalue weighted by Crippen LogP contribution is 2.29. The first-order chi connectivity index (χ1) is 7.72. The molecular formula is C13H16O3. The Hall–Kier alpha value is -1.35. The van der Waals surface area contributed by atoms with E-state index in [1.165, 1.54) is 18.2 Å². The number of fused-ring (bicyclic) bond motifs is 1. The summed E-state index contributed by atoms with van der Waals surface area (Å²) in [7, 11) is 1.42. The Morgan fingerprint density at radius 1 is 1.56 bits per heavy atom. The van der Waals surface area contributed by atoms with Crippen molar-refractivity contribution in [2.24, 2.45) is 0 Å². The van der Waals surface area contributed by atoms with Crippen LogP contribution < -0.4 is 0 Å². The zero-order chi connectivity index (χ0) is 11.5. The molecule has 1 heterocycles. The molecule has 1 aromatic carbocycles. The Bertz CT molecular complexity index is 398. The predicted molar refractivity (Wildman–Crippen MR) is 60.2 cm³/mol. The Labute approximate surface area is 95.4 Å². The van der Waals surface area contributed by atoms with E-state index in [1.807, 2.05) is 12.1 Å². The third kappa shape index (κ3) is 2.09. The van der Waals surface area contributed by atoms with Crippen LogP contribution >= 0.6 is 0 Å². The molecule has 0 unspecified atom stereocenters. The van der Waals surface area contributed by atoms with Crippen molar-refractivity contribution in [2.75, 3.05) is 13.7 Å². The summed E-state index contributed by atoms with van der Waals surface area (Å²) in [5, 5.41) is 0. The largest absolute Gasteiger partial charge is 0.469 e. The molecule has 86 valence electrons. The number of benzene rings is 1. The fourth-order valence-electron chi connectivity index (χ4n) is 2.24. The van der Waals surface area contributed by atoms with E-state index in [0.717, 1.165) is 12.2 Å². The summed E-state index contributed by atoms with van der Waals surface area (Å²) in [5.74, 6) is 0.164. The first-order valence-corrected chi connectivity index (χ1v) is 5.47. The van der Waals surface area contributed by atoms with E-state index in [2.05, 4.69) is 13.0 Å². The average Bonchev–Trinajstić information content (AvgIpc) is 2.29. The summed E-state index contributed by atoms with van der Waals surface area (Å²) in [5.41, 5.74) is 3.53. The number of ether oxygens (including phenoxy) is 2. The number of esters is 1. The van der Waals surface area contributed by atoms with Gasteiger partial charge in [0.2, 0.25) is 0 Å². The van der Waals surface area contributed by atoms with Gasteiger partial charge in [0.05, 0.1) is 26.7 Å². The van der Waals surface area contributed by atoms with E-state index in [9.17, 15) is 4.79 Å². The Balaban J connectivity index is 2.34. The number of carbonyl (C=O) groups excluding carboxylic acids is 1. The van der Waals surface area contributed by atoms with Crippen LogP contribution in [0, 0.1) is 0 Å². The number of hydrogen-bond donors (Lipinski definition) is 0. The molecule has 0 aromatic heterocycles. The van der Waals surface area contributed by atoms with Gasteiger partial charge in [-0.15, -0.1) is 0 Å². The zero-order valence-electron chi connectivity index (χ0n) is 9.66. The van der Waals surface area contributed by atoms with Gasteiger partial charge in [-0.1, -0.05) is 25.1 Å². The maximum absolute atomic E-state index is 11.3. The Morgan fingerprint density at radius 3 is 3.12 bits per heavy atom. The number of carbonyl (C=O) groups is 1. The van der Waals surface area contributed by atoms with E-state index in [1.54, 1.807) is 0 Å². The molecule has 1 aromatic rings. The van der Waals surface area contributed by atoms with Crippen LogP contribution in [0.1, 0.15) is 29.5 Å². The van der Waals surface area contributed by atoms with Crippen LogP contribution in [-0.2, 0) is 27.3 Å². The summed E-state index contributed by atoms with van der Waals surface area (Å²) in [6.07, 6.45) is 0.351. The minimum absolute atomic E-state index is 0.188. The van der Waals surface area contributed by atoms with Crippen molar-refractivity contribution < 1.29 is 14.3 Å². The predicted octanol–water partition coefficient (Wildman–Crippen LogP) is 2.04. The molecule has 1 atom stereocenters. The van der Waals surface area contributed by atoms with Crippen LogP contribution in [0.2, 0.25) is 0 Å². The monoisotopic (exact) mass is 220 g/mol. The Kier molecular flexibility index (Phi) is 3.25. The lowest BCUT2D eigenvalue weighted by Gasteiger charge is -2.25. The van der Waals surface area contributed by atoms with Gasteiger partial charge in [0, 0.05) is 5.92 Å². The molecule has 0 N–H and O–H groups in total. The second-order valence-corrected chi connectivity index (χ2v) is 4.16. The molecule has 3 nitrogen and oxygen atoms in total. The molecule has 0 saturated carbocycles. The summed E-state index contributed by atoms with van der Waals surface area (Å²) in [4.78, 5) is 11.3. The third-order valence-corrected chi connectivity index (χ3v) is 2.97. The summed E-state index contributed by atoms with van der Waals surface area (Å²) >= 11 is 0. The molecule has 0 amide bonds. The maximum Gasteiger partial charge on any atom is 0.309 e. The van der Waals surface area contributed by atoms with Crippen LogP contribution in [0.5, 0.6) is 0 Å². The molecule has 16 heavy (non-hydrogen) atoms. The van der Waals surface area contributed by atoms with Crippen LogP contribution in [-0.4, -0.2) is 19.7 Å². The van der Waals surface area contributed by atoms with Crippen LogP contribution in [0.3, 0.4) is 0 Å². The third-order valence-electron chi connectivity index (χ3n) is 2.97. The molecule has 3 heteroatoms. The SMILES string of the molecule is COC(=O)Cc1cccc2c1[C@@H](C)COC2. The van der Waals surface area contributed by atoms with Crippen molar-refractivity contribution in [3.63, 3.8) is 0 Å². The highest BCUT2D eigenvalue weighted by molar-refractivity contribution is 5.73. The fourth-order valence-corrected chi connectivity index (χ4v) is 2.24. The highest BCUT2D eigenvalue weighted by Gasteiger charge is 2.21. The quantitative estimate of drug-likeness (QED) is 0.715. The Morgan fingerprint density at radius 2 is 2.38 bits per heavy atom. The van der Waals surface area contributed by atoms with Crippen molar-refractivity contribution in [3.8, 4) is 0 Å². The van der Waals surface area contributed by atoms with Gasteiger partial charge >= 0.3 is 5.97 Å². The summed E-state index contributed by atoms with van der Waals surface area (Å²) in [6, 6.07) is 6.03. The summed E-state index contributed by atoms with van der Waals surface area (Å²) in [6.45, 7) is 3.50. The van der Waals surface area contributed by atoms with Crippen molar-refractivity contribution >= 4 is 5.97 Å². The van der Waals surface area contributed by atoms with Gasteiger partial charge in [-0.2, -0.15) is 0 Å². The fraction of sp³-hybridized carbons (Fsp3) is 0.462. The van der Waals surface area contributed by atoms with E-state index < -0.39 is 0 Å². The van der Waals surface area contributed by atoms with Gasteiger partial charge < -0.3 is 9.47 Å². The minimum atomic E-state index is -0.188. The van der Waals surface area contributed by atoms with E-state index in [0.29, 0.717) is 18.9 Å². The van der Waals surface area contributed by atoms with Gasteiger partial charge in [-0.3, -0.25) is 4.79 Å². The molecule has 0 spiro atoms. The molecular weight excluding hydrogens is 204 g/mol. The van der Waals surface area contributed by atoms with Crippen LogP contribution in [0.15, 0.2) is 18.2 Å². The first-order valence-electron chi connectivity index (χ1n) is 5.47. The number of rotatable bonds is 2. The number of methoxy groups -OCH3 is 1. The molecule has 0 aliphatic carbocycles. The second kappa shape index (κ2) is 4.66. The van der Waals surface area contributed by atoms with E-state index in [4.69, 9.17) is 9.47 Å². The molecule has 0 fully saturated rings. The molecule has 1 aliphatic rings. The van der Waals surface area contributed by atoms with Crippen molar-refractivity contribution in [3.05, 3.63) is 34.9 Å². The average molecular weight is 220 g/mol. The lowest BCUT2D eigenvalue weighted by molar-refractivity contribution is -0.139. The lowest BCUT2D eigenvalue weighted by Crippen LogP contribution is -2.18. The molecule has 0 bridgehead atoms. The van der Waals surface area contributed by atoms with Crippen LogP contribution in [0.25, 0.3) is 0 Å². The lowest BCUT2D eigenvalue weighted by atomic mass is 9.88. The van der Waals surface area contributed by atoms with Gasteiger partial charge in [-0.25, -0.2) is 0 Å². The van der Waals surface area contributed by atoms with E-state index in [-0.39, 0.29) is 5.97 Å². The van der Waals surface area contributed by atoms with Crippen LogP contribution in [0.4, 0.5) is 0 Å². The molecule has 0 saturated heterocycles. The summed E-state index contributed by atoms with van der Waals surface area (Å²) < 4.78 is 10.2. The first kappa shape index (κ1) is 11.1. The van der Waals surface area contributed by atoms with Crippen molar-refractivity contribution in [1.82, 2.24) is 0 Å². The van der Waals surface area contributed by atoms with Gasteiger partial charge in [-0.05, 0) is 16.7 Å². The smallest absolute Gasteiger partial charge is 0.309 e.